The largest absolute Gasteiger partial charge is 0.507 e. The van der Waals surface area contributed by atoms with E-state index in [9.17, 15) is 14.7 Å². The van der Waals surface area contributed by atoms with Gasteiger partial charge in [0.15, 0.2) is 0 Å². The number of amides is 1. The van der Waals surface area contributed by atoms with E-state index in [0.29, 0.717) is 16.9 Å². The van der Waals surface area contributed by atoms with Crippen LogP contribution < -0.4 is 4.74 Å². The topological polar surface area (TPSA) is 79.7 Å². The molecule has 1 amide bonds. The first-order valence-corrected chi connectivity index (χ1v) is 11.5. The van der Waals surface area contributed by atoms with Crippen molar-refractivity contribution in [1.29, 1.82) is 0 Å². The number of fused-ring (bicyclic) bond motifs is 1. The minimum Gasteiger partial charge on any atom is -0.507 e. The third-order valence-corrected chi connectivity index (χ3v) is 6.72. The number of aromatic nitrogens is 1. The number of benzene rings is 2. The van der Waals surface area contributed by atoms with E-state index in [1.165, 1.54) is 16.0 Å². The average Bonchev–Trinajstić information content (AvgIpc) is 3.13. The van der Waals surface area contributed by atoms with Gasteiger partial charge >= 0.3 is 0 Å². The molecule has 5 rings (SSSR count). The van der Waals surface area contributed by atoms with Gasteiger partial charge in [-0.15, -0.1) is 0 Å². The Morgan fingerprint density at radius 1 is 1.03 bits per heavy atom. The van der Waals surface area contributed by atoms with Crippen molar-refractivity contribution >= 4 is 17.4 Å². The van der Waals surface area contributed by atoms with Crippen LogP contribution in [0.25, 0.3) is 5.76 Å². The lowest BCUT2D eigenvalue weighted by Gasteiger charge is -2.26. The van der Waals surface area contributed by atoms with Gasteiger partial charge in [0, 0.05) is 23.5 Å². The Morgan fingerprint density at radius 3 is 2.53 bits per heavy atom. The van der Waals surface area contributed by atoms with Crippen LogP contribution in [0.5, 0.6) is 5.75 Å². The zero-order chi connectivity index (χ0) is 23.7. The van der Waals surface area contributed by atoms with E-state index in [-0.39, 0.29) is 17.9 Å². The highest BCUT2D eigenvalue weighted by molar-refractivity contribution is 6.46. The number of likely N-dealkylation sites (tertiary alicyclic amines) is 1. The highest BCUT2D eigenvalue weighted by atomic mass is 16.5. The molecular formula is C28H26N2O4. The number of aliphatic hydroxyl groups is 1. The first kappa shape index (κ1) is 21.9. The summed E-state index contributed by atoms with van der Waals surface area (Å²) in [5.41, 5.74) is 4.63. The van der Waals surface area contributed by atoms with Crippen molar-refractivity contribution < 1.29 is 19.4 Å². The lowest BCUT2D eigenvalue weighted by molar-refractivity contribution is -0.140. The summed E-state index contributed by atoms with van der Waals surface area (Å²) in [6, 6.07) is 16.0. The second kappa shape index (κ2) is 9.14. The quantitative estimate of drug-likeness (QED) is 0.347. The van der Waals surface area contributed by atoms with E-state index < -0.39 is 17.7 Å². The predicted octanol–water partition coefficient (Wildman–Crippen LogP) is 4.59. The number of carbonyl (C=O) groups is 2. The van der Waals surface area contributed by atoms with Crippen LogP contribution in [0.15, 0.2) is 72.6 Å². The lowest BCUT2D eigenvalue weighted by Crippen LogP contribution is -2.29. The van der Waals surface area contributed by atoms with Gasteiger partial charge in [0.2, 0.25) is 0 Å². The van der Waals surface area contributed by atoms with Crippen LogP contribution in [0, 0.1) is 0 Å². The van der Waals surface area contributed by atoms with Gasteiger partial charge in [0.05, 0.1) is 25.3 Å². The van der Waals surface area contributed by atoms with E-state index in [4.69, 9.17) is 4.74 Å². The van der Waals surface area contributed by atoms with Gasteiger partial charge in [-0.05, 0) is 66.6 Å². The second-order valence-electron chi connectivity index (χ2n) is 8.71. The number of rotatable bonds is 5. The number of nitrogens with zero attached hydrogens (tertiary/aromatic N) is 2. The molecule has 1 atom stereocenters. The number of hydrogen-bond donors (Lipinski definition) is 1. The van der Waals surface area contributed by atoms with Gasteiger partial charge < -0.3 is 14.7 Å². The van der Waals surface area contributed by atoms with Crippen molar-refractivity contribution in [1.82, 2.24) is 9.88 Å². The minimum atomic E-state index is -0.732. The lowest BCUT2D eigenvalue weighted by atomic mass is 9.89. The maximum atomic E-state index is 13.3. The Morgan fingerprint density at radius 2 is 1.76 bits per heavy atom. The molecular weight excluding hydrogens is 428 g/mol. The van der Waals surface area contributed by atoms with Crippen LogP contribution in [-0.2, 0) is 29.0 Å². The summed E-state index contributed by atoms with van der Waals surface area (Å²) in [6.07, 6.45) is 7.49. The first-order chi connectivity index (χ1) is 16.6. The van der Waals surface area contributed by atoms with E-state index >= 15 is 0 Å². The number of methoxy groups -OCH3 is 1. The molecule has 1 N–H and O–H groups in total. The molecule has 1 aromatic heterocycles. The highest BCUT2D eigenvalue weighted by Gasteiger charge is 2.46. The Labute approximate surface area is 198 Å². The third-order valence-electron chi connectivity index (χ3n) is 6.72. The van der Waals surface area contributed by atoms with Gasteiger partial charge in [-0.25, -0.2) is 0 Å². The maximum absolute atomic E-state index is 13.3. The SMILES string of the molecule is COc1ccccc1CN1C(=O)C(=O)/C(=C(\O)c2ccc3c(c2)CCCC3)C1c1ccncc1. The summed E-state index contributed by atoms with van der Waals surface area (Å²) in [7, 11) is 1.57. The summed E-state index contributed by atoms with van der Waals surface area (Å²) >= 11 is 0. The molecule has 1 unspecified atom stereocenters. The Hall–Kier alpha value is -3.93. The van der Waals surface area contributed by atoms with Crippen molar-refractivity contribution in [2.24, 2.45) is 0 Å². The predicted molar refractivity (Wildman–Crippen MR) is 128 cm³/mol. The number of para-hydroxylation sites is 1. The Kier molecular flexibility index (Phi) is 5.88. The number of carbonyl (C=O) groups excluding carboxylic acids is 2. The smallest absolute Gasteiger partial charge is 0.295 e. The zero-order valence-electron chi connectivity index (χ0n) is 19.0. The second-order valence-corrected chi connectivity index (χ2v) is 8.71. The van der Waals surface area contributed by atoms with E-state index in [0.717, 1.165) is 31.2 Å². The number of pyridine rings is 1. The fourth-order valence-electron chi connectivity index (χ4n) is 4.99. The molecule has 2 aromatic carbocycles. The average molecular weight is 455 g/mol. The molecule has 2 heterocycles. The Balaban J connectivity index is 1.62. The van der Waals surface area contributed by atoms with Crippen LogP contribution in [0.2, 0.25) is 0 Å². The maximum Gasteiger partial charge on any atom is 0.295 e. The fourth-order valence-corrected chi connectivity index (χ4v) is 4.99. The fraction of sp³-hybridized carbons (Fsp3) is 0.250. The third kappa shape index (κ3) is 3.85. The van der Waals surface area contributed by atoms with Crippen LogP contribution in [0.4, 0.5) is 0 Å². The van der Waals surface area contributed by atoms with Crippen molar-refractivity contribution in [3.05, 3.63) is 100 Å². The van der Waals surface area contributed by atoms with E-state index in [2.05, 4.69) is 4.98 Å². The molecule has 0 radical (unpaired) electrons. The number of hydrogen-bond acceptors (Lipinski definition) is 5. The summed E-state index contributed by atoms with van der Waals surface area (Å²) < 4.78 is 5.46. The summed E-state index contributed by atoms with van der Waals surface area (Å²) in [5.74, 6) is -0.845. The number of aliphatic hydroxyl groups excluding tert-OH is 1. The van der Waals surface area contributed by atoms with Gasteiger partial charge in [0.1, 0.15) is 11.5 Å². The first-order valence-electron chi connectivity index (χ1n) is 11.5. The van der Waals surface area contributed by atoms with Crippen molar-refractivity contribution in [2.75, 3.05) is 7.11 Å². The normalized spacial score (nSPS) is 19.2. The number of aryl methyl sites for hydroxylation is 2. The van der Waals surface area contributed by atoms with Crippen molar-refractivity contribution in [3.63, 3.8) is 0 Å². The number of ether oxygens (including phenoxy) is 1. The van der Waals surface area contributed by atoms with Crippen molar-refractivity contribution in [2.45, 2.75) is 38.3 Å². The van der Waals surface area contributed by atoms with Crippen LogP contribution >= 0.6 is 0 Å². The molecule has 2 aliphatic rings. The monoisotopic (exact) mass is 454 g/mol. The van der Waals surface area contributed by atoms with Gasteiger partial charge in [-0.2, -0.15) is 0 Å². The van der Waals surface area contributed by atoms with Crippen LogP contribution in [0.1, 0.15) is 46.7 Å². The molecule has 0 spiro atoms. The zero-order valence-corrected chi connectivity index (χ0v) is 19.0. The molecule has 0 saturated carbocycles. The summed E-state index contributed by atoms with van der Waals surface area (Å²) in [5, 5.41) is 11.4. The molecule has 1 saturated heterocycles. The molecule has 1 aliphatic carbocycles. The minimum absolute atomic E-state index is 0.0989. The molecule has 6 heteroatoms. The standard InChI is InChI=1S/C28H26N2O4/c1-34-23-9-5-4-8-22(23)17-30-25(19-12-14-29-15-13-19)24(27(32)28(30)33)26(31)21-11-10-18-6-2-3-7-20(18)16-21/h4-5,8-16,25,31H,2-3,6-7,17H2,1H3/b26-24-. The number of ketones is 1. The number of Topliss-reactive ketones (excluding diaryl/α,β-unsaturated/α-hetero) is 1. The van der Waals surface area contributed by atoms with Gasteiger partial charge in [-0.1, -0.05) is 30.3 Å². The molecule has 6 nitrogen and oxygen atoms in total. The molecule has 172 valence electrons. The van der Waals surface area contributed by atoms with E-state index in [1.54, 1.807) is 31.6 Å². The van der Waals surface area contributed by atoms with Crippen molar-refractivity contribution in [3.8, 4) is 5.75 Å². The molecule has 3 aromatic rings. The molecule has 1 aliphatic heterocycles. The highest BCUT2D eigenvalue weighted by Crippen LogP contribution is 2.41. The van der Waals surface area contributed by atoms with Crippen LogP contribution in [0.3, 0.4) is 0 Å². The molecule has 0 bridgehead atoms. The summed E-state index contributed by atoms with van der Waals surface area (Å²) in [4.78, 5) is 32.1. The van der Waals surface area contributed by atoms with E-state index in [1.807, 2.05) is 42.5 Å². The summed E-state index contributed by atoms with van der Waals surface area (Å²) in [6.45, 7) is 0.169. The van der Waals surface area contributed by atoms with Gasteiger partial charge in [-0.3, -0.25) is 14.6 Å². The van der Waals surface area contributed by atoms with Gasteiger partial charge in [0.25, 0.3) is 11.7 Å². The van der Waals surface area contributed by atoms with Crippen LogP contribution in [-0.4, -0.2) is 33.8 Å². The Bertz CT molecular complexity index is 1280. The molecule has 34 heavy (non-hydrogen) atoms. The molecule has 1 fully saturated rings.